The van der Waals surface area contributed by atoms with Crippen LogP contribution >= 0.6 is 23.5 Å². The summed E-state index contributed by atoms with van der Waals surface area (Å²) in [5, 5.41) is 3.97. The first-order chi connectivity index (χ1) is 17.1. The summed E-state index contributed by atoms with van der Waals surface area (Å²) in [5.74, 6) is 3.23. The maximum Gasteiger partial charge on any atom is 0.277 e. The van der Waals surface area contributed by atoms with E-state index in [-0.39, 0.29) is 24.9 Å². The van der Waals surface area contributed by atoms with E-state index in [0.29, 0.717) is 33.0 Å². The number of ether oxygens (including phenoxy) is 3. The van der Waals surface area contributed by atoms with Crippen molar-refractivity contribution < 1.29 is 23.4 Å². The summed E-state index contributed by atoms with van der Waals surface area (Å²) in [5.41, 5.74) is 4.86. The van der Waals surface area contributed by atoms with Crippen molar-refractivity contribution >= 4 is 35.6 Å². The van der Waals surface area contributed by atoms with Crippen molar-refractivity contribution in [3.8, 4) is 17.2 Å². The topological polar surface area (TPSA) is 69.2 Å². The summed E-state index contributed by atoms with van der Waals surface area (Å²) in [6.07, 6.45) is 1.49. The molecule has 4 rings (SSSR count). The molecule has 1 fully saturated rings. The molecule has 0 radical (unpaired) electrons. The Kier molecular flexibility index (Phi) is 8.91. The molecule has 1 heterocycles. The van der Waals surface area contributed by atoms with E-state index in [0.717, 1.165) is 0 Å². The van der Waals surface area contributed by atoms with Crippen LogP contribution in [0.25, 0.3) is 0 Å². The zero-order valence-corrected chi connectivity index (χ0v) is 20.7. The number of hydrogen-bond donors (Lipinski definition) is 1. The van der Waals surface area contributed by atoms with E-state index in [1.807, 2.05) is 47.8 Å². The lowest BCUT2D eigenvalue weighted by Gasteiger charge is -2.11. The van der Waals surface area contributed by atoms with E-state index in [4.69, 9.17) is 14.2 Å². The SMILES string of the molecule is COc1cc(/C=N\NC(=O)COc2ccc(C3SCCS3)cc2)ccc1OCc1ccccc1F. The zero-order chi connectivity index (χ0) is 24.5. The Morgan fingerprint density at radius 3 is 2.57 bits per heavy atom. The Morgan fingerprint density at radius 2 is 1.83 bits per heavy atom. The second kappa shape index (κ2) is 12.5. The van der Waals surface area contributed by atoms with Gasteiger partial charge in [-0.25, -0.2) is 9.82 Å². The predicted molar refractivity (Wildman–Crippen MR) is 139 cm³/mol. The van der Waals surface area contributed by atoms with Gasteiger partial charge in [0.2, 0.25) is 0 Å². The van der Waals surface area contributed by atoms with E-state index in [2.05, 4.69) is 10.5 Å². The molecule has 0 unspecified atom stereocenters. The fourth-order valence-electron chi connectivity index (χ4n) is 3.29. The lowest BCUT2D eigenvalue weighted by Crippen LogP contribution is -2.24. The summed E-state index contributed by atoms with van der Waals surface area (Å²) >= 11 is 3.89. The van der Waals surface area contributed by atoms with Gasteiger partial charge in [-0.15, -0.1) is 23.5 Å². The molecule has 9 heteroatoms. The van der Waals surface area contributed by atoms with Crippen molar-refractivity contribution in [3.63, 3.8) is 0 Å². The molecule has 0 bridgehead atoms. The number of hydrogen-bond acceptors (Lipinski definition) is 7. The molecule has 6 nitrogen and oxygen atoms in total. The van der Waals surface area contributed by atoms with Crippen LogP contribution in [0.5, 0.6) is 17.2 Å². The third-order valence-electron chi connectivity index (χ3n) is 5.08. The molecule has 0 atom stereocenters. The van der Waals surface area contributed by atoms with Crippen molar-refractivity contribution in [1.29, 1.82) is 0 Å². The second-order valence-electron chi connectivity index (χ2n) is 7.51. The van der Waals surface area contributed by atoms with Crippen molar-refractivity contribution in [3.05, 3.63) is 89.2 Å². The smallest absolute Gasteiger partial charge is 0.277 e. The zero-order valence-electron chi connectivity index (χ0n) is 19.1. The van der Waals surface area contributed by atoms with Gasteiger partial charge in [-0.3, -0.25) is 4.79 Å². The van der Waals surface area contributed by atoms with Gasteiger partial charge < -0.3 is 14.2 Å². The van der Waals surface area contributed by atoms with E-state index in [1.54, 1.807) is 36.4 Å². The number of carbonyl (C=O) groups is 1. The van der Waals surface area contributed by atoms with Gasteiger partial charge >= 0.3 is 0 Å². The van der Waals surface area contributed by atoms with Gasteiger partial charge in [0.1, 0.15) is 18.2 Å². The number of thioether (sulfide) groups is 2. The summed E-state index contributed by atoms with van der Waals surface area (Å²) in [4.78, 5) is 12.1. The molecule has 1 N–H and O–H groups in total. The number of benzene rings is 3. The fraction of sp³-hybridized carbons (Fsp3) is 0.231. The number of rotatable bonds is 10. The highest BCUT2D eigenvalue weighted by Crippen LogP contribution is 2.45. The van der Waals surface area contributed by atoms with E-state index in [9.17, 15) is 9.18 Å². The molecular formula is C26H25FN2O4S2. The van der Waals surface area contributed by atoms with E-state index in [1.165, 1.54) is 36.5 Å². The first-order valence-corrected chi connectivity index (χ1v) is 13.0. The number of nitrogens with zero attached hydrogens (tertiary/aromatic N) is 1. The summed E-state index contributed by atoms with van der Waals surface area (Å²) in [7, 11) is 1.52. The fourth-order valence-corrected chi connectivity index (χ4v) is 6.15. The molecule has 182 valence electrons. The molecule has 3 aromatic carbocycles. The highest BCUT2D eigenvalue weighted by atomic mass is 32.2. The van der Waals surface area contributed by atoms with Crippen LogP contribution in [0, 0.1) is 5.82 Å². The molecule has 0 aliphatic carbocycles. The van der Waals surface area contributed by atoms with Crippen molar-refractivity contribution in [1.82, 2.24) is 5.43 Å². The van der Waals surface area contributed by atoms with Crippen LogP contribution in [0.2, 0.25) is 0 Å². The highest BCUT2D eigenvalue weighted by Gasteiger charge is 2.18. The summed E-state index contributed by atoms with van der Waals surface area (Å²) in [6, 6.07) is 19.5. The third kappa shape index (κ3) is 7.16. The van der Waals surface area contributed by atoms with Gasteiger partial charge in [-0.2, -0.15) is 5.10 Å². The Morgan fingerprint density at radius 1 is 1.06 bits per heavy atom. The van der Waals surface area contributed by atoms with Gasteiger partial charge in [0, 0.05) is 17.1 Å². The predicted octanol–water partition coefficient (Wildman–Crippen LogP) is 5.42. The first-order valence-electron chi connectivity index (χ1n) is 10.9. The van der Waals surface area contributed by atoms with Crippen LogP contribution < -0.4 is 19.6 Å². The van der Waals surface area contributed by atoms with Crippen LogP contribution in [-0.4, -0.2) is 37.3 Å². The quantitative estimate of drug-likeness (QED) is 0.289. The summed E-state index contributed by atoms with van der Waals surface area (Å²) in [6.45, 7) is -0.0660. The minimum atomic E-state index is -0.371. The van der Waals surface area contributed by atoms with E-state index >= 15 is 0 Å². The molecule has 0 aromatic heterocycles. The van der Waals surface area contributed by atoms with Crippen LogP contribution in [0.3, 0.4) is 0 Å². The average molecular weight is 513 g/mol. The summed E-state index contributed by atoms with van der Waals surface area (Å²) < 4.78 is 30.9. The Balaban J connectivity index is 1.25. The normalized spacial score (nSPS) is 13.7. The standard InChI is InChI=1S/C26H25FN2O4S2/c1-31-24-14-18(6-11-23(24)33-16-20-4-2-3-5-22(20)27)15-28-29-25(30)17-32-21-9-7-19(8-10-21)26-34-12-13-35-26/h2-11,14-15,26H,12-13,16-17H2,1H3,(H,29,30)/b28-15-. The van der Waals surface area contributed by atoms with Gasteiger partial charge in [0.05, 0.1) is 17.9 Å². The highest BCUT2D eigenvalue weighted by molar-refractivity contribution is 8.19. The average Bonchev–Trinajstić information content (AvgIpc) is 3.43. The van der Waals surface area contributed by atoms with Crippen molar-refractivity contribution in [2.45, 2.75) is 11.2 Å². The molecule has 0 spiro atoms. The number of methoxy groups -OCH3 is 1. The van der Waals surface area contributed by atoms with Gasteiger partial charge in [-0.1, -0.05) is 30.3 Å². The molecule has 3 aromatic rings. The molecule has 0 saturated carbocycles. The second-order valence-corrected chi connectivity index (χ2v) is 10.2. The first kappa shape index (κ1) is 24.9. The van der Waals surface area contributed by atoms with Crippen molar-refractivity contribution in [2.75, 3.05) is 25.2 Å². The number of carbonyl (C=O) groups excluding carboxylic acids is 1. The van der Waals surface area contributed by atoms with Crippen LogP contribution in [-0.2, 0) is 11.4 Å². The van der Waals surface area contributed by atoms with Gasteiger partial charge in [-0.05, 0) is 47.5 Å². The van der Waals surface area contributed by atoms with Crippen LogP contribution in [0.15, 0.2) is 71.8 Å². The largest absolute Gasteiger partial charge is 0.493 e. The lowest BCUT2D eigenvalue weighted by atomic mass is 10.2. The van der Waals surface area contributed by atoms with E-state index < -0.39 is 0 Å². The molecule has 1 amide bonds. The minimum Gasteiger partial charge on any atom is -0.493 e. The Labute approximate surface area is 212 Å². The molecule has 1 aliphatic rings. The number of nitrogens with one attached hydrogen (secondary N) is 1. The molecule has 1 saturated heterocycles. The monoisotopic (exact) mass is 512 g/mol. The Hall–Kier alpha value is -3.17. The number of hydrazone groups is 1. The number of halogens is 1. The maximum absolute atomic E-state index is 13.8. The third-order valence-corrected chi connectivity index (χ3v) is 8.18. The van der Waals surface area contributed by atoms with Gasteiger partial charge in [0.15, 0.2) is 18.1 Å². The molecule has 1 aliphatic heterocycles. The maximum atomic E-state index is 13.8. The molecule has 35 heavy (non-hydrogen) atoms. The molecular weight excluding hydrogens is 487 g/mol. The minimum absolute atomic E-state index is 0.0771. The van der Waals surface area contributed by atoms with Crippen LogP contribution in [0.1, 0.15) is 21.3 Å². The lowest BCUT2D eigenvalue weighted by molar-refractivity contribution is -0.123. The van der Waals surface area contributed by atoms with Gasteiger partial charge in [0.25, 0.3) is 5.91 Å². The van der Waals surface area contributed by atoms with Crippen LogP contribution in [0.4, 0.5) is 4.39 Å². The Bertz CT molecular complexity index is 1170. The number of amides is 1. The van der Waals surface area contributed by atoms with Crippen molar-refractivity contribution in [2.24, 2.45) is 5.10 Å².